The van der Waals surface area contributed by atoms with Gasteiger partial charge in [0.15, 0.2) is 6.29 Å². The average molecular weight is 139 g/mol. The van der Waals surface area contributed by atoms with E-state index in [2.05, 4.69) is 5.16 Å². The number of hydrogen-bond donors (Lipinski definition) is 0. The maximum atomic E-state index is 10.1. The van der Waals surface area contributed by atoms with E-state index in [1.165, 1.54) is 0 Å². The van der Waals surface area contributed by atoms with E-state index < -0.39 is 0 Å². The van der Waals surface area contributed by atoms with Crippen molar-refractivity contribution in [1.82, 2.24) is 5.16 Å². The number of aromatic nitrogens is 1. The highest BCUT2D eigenvalue weighted by molar-refractivity contribution is 5.71. The largest absolute Gasteiger partial charge is 0.361 e. The molecule has 1 aromatic rings. The standard InChI is InChI=1S/C7H9NO2/c1-2-3-7-4-6(5-9)8-10-7/h4-5H,2-3H2,1H3. The molecule has 0 atom stereocenters. The van der Waals surface area contributed by atoms with Crippen LogP contribution >= 0.6 is 0 Å². The van der Waals surface area contributed by atoms with E-state index in [-0.39, 0.29) is 0 Å². The zero-order valence-corrected chi connectivity index (χ0v) is 5.83. The first-order chi connectivity index (χ1) is 4.86. The Bertz CT molecular complexity index is 217. The third-order valence-electron chi connectivity index (χ3n) is 1.19. The van der Waals surface area contributed by atoms with E-state index >= 15 is 0 Å². The van der Waals surface area contributed by atoms with Crippen molar-refractivity contribution in [3.63, 3.8) is 0 Å². The number of carbonyl (C=O) groups is 1. The van der Waals surface area contributed by atoms with Gasteiger partial charge in [0, 0.05) is 12.5 Å². The molecule has 0 fully saturated rings. The Balaban J connectivity index is 2.68. The van der Waals surface area contributed by atoms with Crippen molar-refractivity contribution in [3.8, 4) is 0 Å². The zero-order chi connectivity index (χ0) is 7.40. The smallest absolute Gasteiger partial charge is 0.171 e. The van der Waals surface area contributed by atoms with Crippen LogP contribution in [0.1, 0.15) is 29.6 Å². The van der Waals surface area contributed by atoms with Gasteiger partial charge in [0.1, 0.15) is 11.5 Å². The molecule has 0 aliphatic heterocycles. The molecule has 0 saturated carbocycles. The first-order valence-electron chi connectivity index (χ1n) is 3.27. The van der Waals surface area contributed by atoms with Gasteiger partial charge in [-0.2, -0.15) is 0 Å². The van der Waals surface area contributed by atoms with Crippen LogP contribution in [0.2, 0.25) is 0 Å². The maximum absolute atomic E-state index is 10.1. The second-order valence-corrected chi connectivity index (χ2v) is 2.09. The summed E-state index contributed by atoms with van der Waals surface area (Å²) >= 11 is 0. The molecule has 0 bridgehead atoms. The monoisotopic (exact) mass is 139 g/mol. The summed E-state index contributed by atoms with van der Waals surface area (Å²) in [6.45, 7) is 2.04. The van der Waals surface area contributed by atoms with Gasteiger partial charge in [0.25, 0.3) is 0 Å². The van der Waals surface area contributed by atoms with Crippen LogP contribution in [0.5, 0.6) is 0 Å². The van der Waals surface area contributed by atoms with Crippen LogP contribution in [0, 0.1) is 0 Å². The Kier molecular flexibility index (Phi) is 2.20. The molecule has 0 spiro atoms. The molecule has 0 N–H and O–H groups in total. The Labute approximate surface area is 59.0 Å². The van der Waals surface area contributed by atoms with Gasteiger partial charge in [-0.25, -0.2) is 0 Å². The minimum Gasteiger partial charge on any atom is -0.361 e. The average Bonchev–Trinajstić information content (AvgIpc) is 2.37. The molecular formula is C7H9NO2. The second-order valence-electron chi connectivity index (χ2n) is 2.09. The van der Waals surface area contributed by atoms with Gasteiger partial charge in [-0.3, -0.25) is 4.79 Å². The van der Waals surface area contributed by atoms with Crippen molar-refractivity contribution in [3.05, 3.63) is 17.5 Å². The van der Waals surface area contributed by atoms with Crippen molar-refractivity contribution in [2.75, 3.05) is 0 Å². The molecule has 1 rings (SSSR count). The van der Waals surface area contributed by atoms with Gasteiger partial charge in [-0.1, -0.05) is 12.1 Å². The van der Waals surface area contributed by atoms with Crippen LogP contribution in [0.25, 0.3) is 0 Å². The van der Waals surface area contributed by atoms with E-state index in [4.69, 9.17) is 4.52 Å². The molecule has 0 radical (unpaired) electrons. The summed E-state index contributed by atoms with van der Waals surface area (Å²) in [6, 6.07) is 1.66. The molecule has 10 heavy (non-hydrogen) atoms. The Morgan fingerprint density at radius 1 is 1.80 bits per heavy atom. The van der Waals surface area contributed by atoms with Crippen molar-refractivity contribution in [1.29, 1.82) is 0 Å². The van der Waals surface area contributed by atoms with Crippen LogP contribution in [0.15, 0.2) is 10.6 Å². The third-order valence-corrected chi connectivity index (χ3v) is 1.19. The van der Waals surface area contributed by atoms with Crippen molar-refractivity contribution in [2.24, 2.45) is 0 Å². The van der Waals surface area contributed by atoms with Crippen molar-refractivity contribution < 1.29 is 9.32 Å². The maximum Gasteiger partial charge on any atom is 0.171 e. The summed E-state index contributed by atoms with van der Waals surface area (Å²) in [5, 5.41) is 3.51. The number of hydrogen-bond acceptors (Lipinski definition) is 3. The van der Waals surface area contributed by atoms with Crippen LogP contribution in [-0.4, -0.2) is 11.4 Å². The highest BCUT2D eigenvalue weighted by Gasteiger charge is 1.99. The summed E-state index contributed by atoms with van der Waals surface area (Å²) in [7, 11) is 0. The molecule has 0 aliphatic carbocycles. The van der Waals surface area contributed by atoms with E-state index in [0.717, 1.165) is 18.6 Å². The zero-order valence-electron chi connectivity index (χ0n) is 5.83. The number of aldehydes is 1. The first kappa shape index (κ1) is 6.99. The predicted octanol–water partition coefficient (Wildman–Crippen LogP) is 1.44. The van der Waals surface area contributed by atoms with Crippen LogP contribution in [-0.2, 0) is 6.42 Å². The number of aryl methyl sites for hydroxylation is 1. The lowest BCUT2D eigenvalue weighted by Crippen LogP contribution is -1.76. The third kappa shape index (κ3) is 1.43. The van der Waals surface area contributed by atoms with E-state index in [1.807, 2.05) is 6.92 Å². The first-order valence-corrected chi connectivity index (χ1v) is 3.27. The highest BCUT2D eigenvalue weighted by atomic mass is 16.5. The minimum atomic E-state index is 0.378. The fourth-order valence-corrected chi connectivity index (χ4v) is 0.749. The molecular weight excluding hydrogens is 130 g/mol. The molecule has 3 nitrogen and oxygen atoms in total. The molecule has 0 unspecified atom stereocenters. The van der Waals surface area contributed by atoms with E-state index in [9.17, 15) is 4.79 Å². The molecule has 0 saturated heterocycles. The SMILES string of the molecule is CCCc1cc(C=O)no1. The topological polar surface area (TPSA) is 43.1 Å². The summed E-state index contributed by atoms with van der Waals surface area (Å²) in [4.78, 5) is 10.1. The van der Waals surface area contributed by atoms with Gasteiger partial charge < -0.3 is 4.52 Å². The molecule has 1 aromatic heterocycles. The van der Waals surface area contributed by atoms with E-state index in [0.29, 0.717) is 12.0 Å². The summed E-state index contributed by atoms with van der Waals surface area (Å²) in [6.07, 6.45) is 2.54. The molecule has 3 heteroatoms. The van der Waals surface area contributed by atoms with Gasteiger partial charge in [0.2, 0.25) is 0 Å². The summed E-state index contributed by atoms with van der Waals surface area (Å²) in [5.41, 5.74) is 0.378. The van der Waals surface area contributed by atoms with E-state index in [1.54, 1.807) is 6.07 Å². The molecule has 0 aliphatic rings. The predicted molar refractivity (Wildman–Crippen MR) is 35.9 cm³/mol. The molecule has 0 amide bonds. The van der Waals surface area contributed by atoms with Gasteiger partial charge >= 0.3 is 0 Å². The molecule has 54 valence electrons. The number of rotatable bonds is 3. The highest BCUT2D eigenvalue weighted by Crippen LogP contribution is 2.03. The normalized spacial score (nSPS) is 9.70. The summed E-state index contributed by atoms with van der Waals surface area (Å²) in [5.74, 6) is 0.782. The van der Waals surface area contributed by atoms with Crippen LogP contribution in [0.3, 0.4) is 0 Å². The number of nitrogens with zero attached hydrogens (tertiary/aromatic N) is 1. The Morgan fingerprint density at radius 2 is 2.60 bits per heavy atom. The quantitative estimate of drug-likeness (QED) is 0.595. The molecule has 1 heterocycles. The fourth-order valence-electron chi connectivity index (χ4n) is 0.749. The lowest BCUT2D eigenvalue weighted by molar-refractivity contribution is 0.111. The van der Waals surface area contributed by atoms with Crippen molar-refractivity contribution >= 4 is 6.29 Å². The lowest BCUT2D eigenvalue weighted by Gasteiger charge is -1.83. The lowest BCUT2D eigenvalue weighted by atomic mass is 10.2. The Hall–Kier alpha value is -1.12. The Morgan fingerprint density at radius 3 is 3.10 bits per heavy atom. The minimum absolute atomic E-state index is 0.378. The second kappa shape index (κ2) is 3.15. The molecule has 0 aromatic carbocycles. The van der Waals surface area contributed by atoms with Crippen LogP contribution in [0.4, 0.5) is 0 Å². The van der Waals surface area contributed by atoms with Crippen molar-refractivity contribution in [2.45, 2.75) is 19.8 Å². The fraction of sp³-hybridized carbons (Fsp3) is 0.429. The van der Waals surface area contributed by atoms with Gasteiger partial charge in [-0.15, -0.1) is 0 Å². The van der Waals surface area contributed by atoms with Gasteiger partial charge in [-0.05, 0) is 6.42 Å². The van der Waals surface area contributed by atoms with Gasteiger partial charge in [0.05, 0.1) is 0 Å². The summed E-state index contributed by atoms with van der Waals surface area (Å²) < 4.78 is 4.81. The number of carbonyl (C=O) groups excluding carboxylic acids is 1. The van der Waals surface area contributed by atoms with Crippen LogP contribution < -0.4 is 0 Å².